The fourth-order valence-electron chi connectivity index (χ4n) is 3.18. The molecule has 124 valence electrons. The molecule has 1 saturated heterocycles. The van der Waals surface area contributed by atoms with E-state index >= 15 is 0 Å². The average molecular weight is 331 g/mol. The summed E-state index contributed by atoms with van der Waals surface area (Å²) in [6.45, 7) is 0.249. The van der Waals surface area contributed by atoms with Crippen LogP contribution in [0.3, 0.4) is 0 Å². The third-order valence-corrected chi connectivity index (χ3v) is 4.46. The van der Waals surface area contributed by atoms with E-state index in [1.807, 2.05) is 60.7 Å². The number of nitrogens with one attached hydrogen (secondary N) is 1. The number of para-hydroxylation sites is 1. The van der Waals surface area contributed by atoms with Crippen LogP contribution in [-0.4, -0.2) is 27.9 Å². The number of carbonyl (C=O) groups is 2. The summed E-state index contributed by atoms with van der Waals surface area (Å²) in [5, 5.41) is 3.75. The fraction of sp³-hybridized carbons (Fsp3) is 0.150. The zero-order chi connectivity index (χ0) is 17.2. The molecule has 5 heteroatoms. The van der Waals surface area contributed by atoms with Crippen molar-refractivity contribution in [3.63, 3.8) is 0 Å². The lowest BCUT2D eigenvalue weighted by Gasteiger charge is -2.14. The molecule has 1 unspecified atom stereocenters. The van der Waals surface area contributed by atoms with Crippen LogP contribution < -0.4 is 5.32 Å². The number of rotatable bonds is 4. The van der Waals surface area contributed by atoms with E-state index in [0.717, 1.165) is 22.0 Å². The number of carbonyl (C=O) groups excluding carboxylic acids is 2. The van der Waals surface area contributed by atoms with E-state index in [0.29, 0.717) is 6.42 Å². The first-order valence-corrected chi connectivity index (χ1v) is 8.21. The molecule has 0 aliphatic carbocycles. The summed E-state index contributed by atoms with van der Waals surface area (Å²) in [5.74, 6) is -0.185. The highest BCUT2D eigenvalue weighted by Gasteiger charge is 2.37. The summed E-state index contributed by atoms with van der Waals surface area (Å²) >= 11 is 0. The molecule has 1 atom stereocenters. The first-order valence-electron chi connectivity index (χ1n) is 8.21. The number of aromatic nitrogens is 1. The maximum Gasteiger partial charge on any atom is 0.325 e. The van der Waals surface area contributed by atoms with Crippen molar-refractivity contribution in [1.82, 2.24) is 15.2 Å². The maximum absolute atomic E-state index is 12.7. The van der Waals surface area contributed by atoms with Gasteiger partial charge in [0.15, 0.2) is 0 Å². The van der Waals surface area contributed by atoms with E-state index in [9.17, 15) is 9.59 Å². The monoisotopic (exact) mass is 331 g/mol. The molecule has 0 saturated carbocycles. The zero-order valence-electron chi connectivity index (χ0n) is 13.6. The van der Waals surface area contributed by atoms with Gasteiger partial charge in [0.25, 0.3) is 5.91 Å². The Morgan fingerprint density at radius 2 is 1.72 bits per heavy atom. The highest BCUT2D eigenvalue weighted by Crippen LogP contribution is 2.21. The summed E-state index contributed by atoms with van der Waals surface area (Å²) in [7, 11) is 0. The summed E-state index contributed by atoms with van der Waals surface area (Å²) in [6.07, 6.45) is 2.20. The van der Waals surface area contributed by atoms with Gasteiger partial charge >= 0.3 is 6.03 Å². The highest BCUT2D eigenvalue weighted by atomic mass is 16.2. The normalized spacial score (nSPS) is 17.1. The van der Waals surface area contributed by atoms with E-state index in [4.69, 9.17) is 0 Å². The lowest BCUT2D eigenvalue weighted by atomic mass is 10.1. The Bertz CT molecular complexity index is 935. The van der Waals surface area contributed by atoms with Crippen LogP contribution in [0.1, 0.15) is 11.1 Å². The standard InChI is InChI=1S/C20H17N3O2/c24-19-18(12-14-6-2-1-3-7-14)22-20(25)23(19)13-15-10-11-21-17-9-5-4-8-16(15)17/h1-11,18H,12-13H2,(H,22,25). The maximum atomic E-state index is 12.7. The van der Waals surface area contributed by atoms with Crippen LogP contribution in [0.2, 0.25) is 0 Å². The van der Waals surface area contributed by atoms with Gasteiger partial charge < -0.3 is 5.32 Å². The number of hydrogen-bond donors (Lipinski definition) is 1. The fourth-order valence-corrected chi connectivity index (χ4v) is 3.18. The van der Waals surface area contributed by atoms with Gasteiger partial charge in [-0.2, -0.15) is 0 Å². The van der Waals surface area contributed by atoms with Crippen molar-refractivity contribution in [2.24, 2.45) is 0 Å². The Morgan fingerprint density at radius 1 is 0.960 bits per heavy atom. The minimum absolute atomic E-state index is 0.185. The molecular weight excluding hydrogens is 314 g/mol. The van der Waals surface area contributed by atoms with E-state index < -0.39 is 6.04 Å². The van der Waals surface area contributed by atoms with Crippen molar-refractivity contribution in [2.75, 3.05) is 0 Å². The Kier molecular flexibility index (Phi) is 3.90. The number of fused-ring (bicyclic) bond motifs is 1. The largest absolute Gasteiger partial charge is 0.325 e. The number of imide groups is 1. The number of pyridine rings is 1. The van der Waals surface area contributed by atoms with Gasteiger partial charge in [-0.3, -0.25) is 14.7 Å². The summed E-state index contributed by atoms with van der Waals surface area (Å²) in [6, 6.07) is 18.4. The number of benzene rings is 2. The molecule has 0 radical (unpaired) electrons. The minimum atomic E-state index is -0.511. The molecule has 1 aromatic heterocycles. The molecule has 25 heavy (non-hydrogen) atoms. The van der Waals surface area contributed by atoms with Crippen molar-refractivity contribution in [2.45, 2.75) is 19.0 Å². The highest BCUT2D eigenvalue weighted by molar-refractivity contribution is 6.04. The lowest BCUT2D eigenvalue weighted by molar-refractivity contribution is -0.127. The summed E-state index contributed by atoms with van der Waals surface area (Å²) in [4.78, 5) is 30.6. The number of amides is 3. The second kappa shape index (κ2) is 6.36. The van der Waals surface area contributed by atoms with Crippen molar-refractivity contribution >= 4 is 22.8 Å². The van der Waals surface area contributed by atoms with Crippen molar-refractivity contribution in [3.05, 3.63) is 78.0 Å². The molecule has 0 spiro atoms. The molecule has 3 amide bonds. The van der Waals surface area contributed by atoms with Gasteiger partial charge in [0.1, 0.15) is 6.04 Å². The van der Waals surface area contributed by atoms with Crippen LogP contribution in [0.25, 0.3) is 10.9 Å². The molecular formula is C20H17N3O2. The number of nitrogens with zero attached hydrogens (tertiary/aromatic N) is 2. The van der Waals surface area contributed by atoms with Gasteiger partial charge in [-0.15, -0.1) is 0 Å². The van der Waals surface area contributed by atoms with Gasteiger partial charge in [-0.1, -0.05) is 48.5 Å². The van der Waals surface area contributed by atoms with Gasteiger partial charge in [-0.05, 0) is 23.3 Å². The molecule has 1 aliphatic rings. The first kappa shape index (κ1) is 15.3. The zero-order valence-corrected chi connectivity index (χ0v) is 13.6. The minimum Gasteiger partial charge on any atom is -0.325 e. The van der Waals surface area contributed by atoms with Gasteiger partial charge in [-0.25, -0.2) is 4.79 Å². The van der Waals surface area contributed by atoms with Crippen molar-refractivity contribution in [3.8, 4) is 0 Å². The second-order valence-electron chi connectivity index (χ2n) is 6.10. The third kappa shape index (κ3) is 2.96. The lowest BCUT2D eigenvalue weighted by Crippen LogP contribution is -2.32. The first-order chi connectivity index (χ1) is 12.2. The SMILES string of the molecule is O=C1NC(Cc2ccccc2)C(=O)N1Cc1ccnc2ccccc12. The smallest absolute Gasteiger partial charge is 0.325 e. The van der Waals surface area contributed by atoms with E-state index in [1.54, 1.807) is 6.20 Å². The Labute approximate surface area is 145 Å². The molecule has 5 nitrogen and oxygen atoms in total. The van der Waals surface area contributed by atoms with Crippen LogP contribution in [-0.2, 0) is 17.8 Å². The third-order valence-electron chi connectivity index (χ3n) is 4.46. The van der Waals surface area contributed by atoms with Crippen LogP contribution in [0.5, 0.6) is 0 Å². The van der Waals surface area contributed by atoms with Crippen LogP contribution in [0.15, 0.2) is 66.9 Å². The summed E-state index contributed by atoms with van der Waals surface area (Å²) in [5.41, 5.74) is 2.79. The van der Waals surface area contributed by atoms with Crippen molar-refractivity contribution < 1.29 is 9.59 Å². The molecule has 0 bridgehead atoms. The predicted octanol–water partition coefficient (Wildman–Crippen LogP) is 2.90. The van der Waals surface area contributed by atoms with Gasteiger partial charge in [0, 0.05) is 18.0 Å². The molecule has 2 aromatic carbocycles. The van der Waals surface area contributed by atoms with E-state index in [-0.39, 0.29) is 18.5 Å². The predicted molar refractivity (Wildman–Crippen MR) is 94.8 cm³/mol. The quantitative estimate of drug-likeness (QED) is 0.748. The Hall–Kier alpha value is -3.21. The number of urea groups is 1. The molecule has 1 N–H and O–H groups in total. The van der Waals surface area contributed by atoms with E-state index in [1.165, 1.54) is 4.90 Å². The van der Waals surface area contributed by atoms with Crippen LogP contribution >= 0.6 is 0 Å². The van der Waals surface area contributed by atoms with Crippen LogP contribution in [0.4, 0.5) is 4.79 Å². The summed E-state index contributed by atoms with van der Waals surface area (Å²) < 4.78 is 0. The van der Waals surface area contributed by atoms with Gasteiger partial charge in [0.2, 0.25) is 0 Å². The molecule has 2 heterocycles. The van der Waals surface area contributed by atoms with Crippen LogP contribution in [0, 0.1) is 0 Å². The van der Waals surface area contributed by atoms with Crippen molar-refractivity contribution in [1.29, 1.82) is 0 Å². The molecule has 1 aliphatic heterocycles. The average Bonchev–Trinajstić information content (AvgIpc) is 2.90. The Balaban J connectivity index is 1.56. The molecule has 1 fully saturated rings. The van der Waals surface area contributed by atoms with E-state index in [2.05, 4.69) is 10.3 Å². The van der Waals surface area contributed by atoms with Gasteiger partial charge in [0.05, 0.1) is 12.1 Å². The number of hydrogen-bond acceptors (Lipinski definition) is 3. The molecule has 4 rings (SSSR count). The Morgan fingerprint density at radius 3 is 2.56 bits per heavy atom. The second-order valence-corrected chi connectivity index (χ2v) is 6.10. The molecule has 3 aromatic rings. The topological polar surface area (TPSA) is 62.3 Å².